The van der Waals surface area contributed by atoms with E-state index in [4.69, 9.17) is 23.7 Å². The van der Waals surface area contributed by atoms with Gasteiger partial charge in [0.15, 0.2) is 23.0 Å². The van der Waals surface area contributed by atoms with Crippen molar-refractivity contribution in [1.82, 2.24) is 0 Å². The standard InChI is InChI=1S/C20H17NO6/c1-23-14-5-3-4-10(19(14)24-2)17-11-6-15-16(27-9-26-15)7-12(11)21-13-8-25-20(22)18(13)17/h3-7,17,21H,8-9H2,1-2H3. The fourth-order valence-electron chi connectivity index (χ4n) is 3.90. The van der Waals surface area contributed by atoms with Crippen molar-refractivity contribution in [2.24, 2.45) is 0 Å². The van der Waals surface area contributed by atoms with Gasteiger partial charge in [-0.3, -0.25) is 0 Å². The Balaban J connectivity index is 1.76. The second-order valence-electron chi connectivity index (χ2n) is 6.40. The van der Waals surface area contributed by atoms with Gasteiger partial charge in [-0.1, -0.05) is 12.1 Å². The maximum absolute atomic E-state index is 12.5. The van der Waals surface area contributed by atoms with Crippen molar-refractivity contribution in [1.29, 1.82) is 0 Å². The summed E-state index contributed by atoms with van der Waals surface area (Å²) in [4.78, 5) is 12.5. The molecule has 5 rings (SSSR count). The maximum Gasteiger partial charge on any atom is 0.337 e. The molecule has 0 bridgehead atoms. The number of carbonyl (C=O) groups is 1. The van der Waals surface area contributed by atoms with Gasteiger partial charge in [0.05, 0.1) is 25.5 Å². The quantitative estimate of drug-likeness (QED) is 0.836. The van der Waals surface area contributed by atoms with Crippen molar-refractivity contribution >= 4 is 11.7 Å². The van der Waals surface area contributed by atoms with Crippen molar-refractivity contribution < 1.29 is 28.5 Å². The van der Waals surface area contributed by atoms with Gasteiger partial charge in [0.2, 0.25) is 6.79 Å². The number of esters is 1. The number of methoxy groups -OCH3 is 2. The van der Waals surface area contributed by atoms with Crippen molar-refractivity contribution in [2.45, 2.75) is 5.92 Å². The molecule has 2 aromatic carbocycles. The number of fused-ring (bicyclic) bond motifs is 2. The maximum atomic E-state index is 12.5. The molecule has 138 valence electrons. The predicted octanol–water partition coefficient (Wildman–Crippen LogP) is 2.80. The molecule has 7 heteroatoms. The smallest absolute Gasteiger partial charge is 0.337 e. The highest BCUT2D eigenvalue weighted by atomic mass is 16.7. The molecular weight excluding hydrogens is 350 g/mol. The minimum atomic E-state index is -0.370. The minimum absolute atomic E-state index is 0.181. The molecule has 1 atom stereocenters. The molecule has 7 nitrogen and oxygen atoms in total. The third kappa shape index (κ3) is 2.24. The van der Waals surface area contributed by atoms with Gasteiger partial charge in [-0.05, 0) is 17.7 Å². The van der Waals surface area contributed by atoms with Crippen molar-refractivity contribution in [3.63, 3.8) is 0 Å². The van der Waals surface area contributed by atoms with E-state index in [9.17, 15) is 4.79 Å². The van der Waals surface area contributed by atoms with Gasteiger partial charge >= 0.3 is 5.97 Å². The SMILES string of the molecule is COc1cccc(C2C3=C(COC3=O)Nc3cc4c(cc32)OCO4)c1OC. The normalized spacial score (nSPS) is 19.2. The lowest BCUT2D eigenvalue weighted by Crippen LogP contribution is -2.20. The largest absolute Gasteiger partial charge is 0.493 e. The highest BCUT2D eigenvalue weighted by Crippen LogP contribution is 2.51. The summed E-state index contributed by atoms with van der Waals surface area (Å²) in [6.07, 6.45) is 0. The van der Waals surface area contributed by atoms with Crippen LogP contribution in [-0.2, 0) is 9.53 Å². The van der Waals surface area contributed by atoms with Crippen LogP contribution in [0.1, 0.15) is 17.0 Å². The van der Waals surface area contributed by atoms with Crippen molar-refractivity contribution in [2.75, 3.05) is 32.9 Å². The van der Waals surface area contributed by atoms with E-state index in [-0.39, 0.29) is 25.3 Å². The lowest BCUT2D eigenvalue weighted by Gasteiger charge is -2.28. The number of carbonyl (C=O) groups excluding carboxylic acids is 1. The van der Waals surface area contributed by atoms with Crippen LogP contribution in [0, 0.1) is 0 Å². The van der Waals surface area contributed by atoms with Crippen molar-refractivity contribution in [3.8, 4) is 23.0 Å². The van der Waals surface area contributed by atoms with E-state index < -0.39 is 0 Å². The number of rotatable bonds is 3. The number of cyclic esters (lactones) is 1. The Kier molecular flexibility index (Phi) is 3.43. The fourth-order valence-corrected chi connectivity index (χ4v) is 3.90. The number of benzene rings is 2. The molecule has 0 saturated carbocycles. The highest BCUT2D eigenvalue weighted by molar-refractivity contribution is 5.97. The van der Waals surface area contributed by atoms with E-state index in [0.29, 0.717) is 28.6 Å². The Morgan fingerprint density at radius 1 is 1.04 bits per heavy atom. The van der Waals surface area contributed by atoms with Gasteiger partial charge in [-0.25, -0.2) is 4.79 Å². The first-order valence-electron chi connectivity index (χ1n) is 8.53. The zero-order valence-electron chi connectivity index (χ0n) is 14.8. The van der Waals surface area contributed by atoms with Crippen LogP contribution in [0.5, 0.6) is 23.0 Å². The third-order valence-electron chi connectivity index (χ3n) is 5.07. The molecule has 3 aliphatic rings. The van der Waals surface area contributed by atoms with E-state index >= 15 is 0 Å². The monoisotopic (exact) mass is 367 g/mol. The molecule has 0 saturated heterocycles. The number of hydrogen-bond donors (Lipinski definition) is 1. The molecule has 1 unspecified atom stereocenters. The molecule has 0 aliphatic carbocycles. The van der Waals surface area contributed by atoms with Gasteiger partial charge in [0.1, 0.15) is 6.61 Å². The molecule has 0 spiro atoms. The van der Waals surface area contributed by atoms with Crippen LogP contribution >= 0.6 is 0 Å². The fraction of sp³-hybridized carbons (Fsp3) is 0.250. The number of hydrogen-bond acceptors (Lipinski definition) is 7. The Morgan fingerprint density at radius 3 is 2.63 bits per heavy atom. The van der Waals surface area contributed by atoms with E-state index in [1.807, 2.05) is 30.3 Å². The zero-order chi connectivity index (χ0) is 18.5. The average Bonchev–Trinajstić information content (AvgIpc) is 3.30. The van der Waals surface area contributed by atoms with Gasteiger partial charge in [0, 0.05) is 23.2 Å². The molecule has 0 aromatic heterocycles. The summed E-state index contributed by atoms with van der Waals surface area (Å²) in [5.74, 6) is 1.80. The number of para-hydroxylation sites is 1. The summed E-state index contributed by atoms with van der Waals surface area (Å²) < 4.78 is 27.4. The molecule has 0 radical (unpaired) electrons. The van der Waals surface area contributed by atoms with Crippen LogP contribution in [0.4, 0.5) is 5.69 Å². The van der Waals surface area contributed by atoms with Crippen LogP contribution in [0.2, 0.25) is 0 Å². The molecule has 3 aliphatic heterocycles. The molecule has 2 aromatic rings. The molecule has 0 fully saturated rings. The first kappa shape index (κ1) is 15.9. The lowest BCUT2D eigenvalue weighted by molar-refractivity contribution is -0.136. The van der Waals surface area contributed by atoms with Crippen LogP contribution in [0.15, 0.2) is 41.6 Å². The predicted molar refractivity (Wildman–Crippen MR) is 95.6 cm³/mol. The topological polar surface area (TPSA) is 75.3 Å². The molecule has 3 heterocycles. The lowest BCUT2D eigenvalue weighted by atomic mass is 9.80. The van der Waals surface area contributed by atoms with Gasteiger partial charge in [-0.2, -0.15) is 0 Å². The zero-order valence-corrected chi connectivity index (χ0v) is 14.8. The first-order valence-corrected chi connectivity index (χ1v) is 8.53. The number of anilines is 1. The summed E-state index contributed by atoms with van der Waals surface area (Å²) in [5.41, 5.74) is 3.90. The van der Waals surface area contributed by atoms with E-state index in [1.54, 1.807) is 14.2 Å². The van der Waals surface area contributed by atoms with Crippen LogP contribution < -0.4 is 24.3 Å². The summed E-state index contributed by atoms with van der Waals surface area (Å²) in [6.45, 7) is 0.394. The van der Waals surface area contributed by atoms with Crippen LogP contribution in [-0.4, -0.2) is 33.6 Å². The summed E-state index contributed by atoms with van der Waals surface area (Å²) in [6, 6.07) is 9.44. The molecule has 27 heavy (non-hydrogen) atoms. The summed E-state index contributed by atoms with van der Waals surface area (Å²) in [7, 11) is 3.18. The number of ether oxygens (including phenoxy) is 5. The van der Waals surface area contributed by atoms with Crippen LogP contribution in [0.25, 0.3) is 0 Å². The summed E-state index contributed by atoms with van der Waals surface area (Å²) in [5, 5.41) is 3.31. The third-order valence-corrected chi connectivity index (χ3v) is 5.07. The Morgan fingerprint density at radius 2 is 1.85 bits per heavy atom. The Labute approximate surface area is 155 Å². The van der Waals surface area contributed by atoms with Crippen molar-refractivity contribution in [3.05, 3.63) is 52.7 Å². The second kappa shape index (κ2) is 5.84. The number of nitrogens with one attached hydrogen (secondary N) is 1. The van der Waals surface area contributed by atoms with Gasteiger partial charge in [-0.15, -0.1) is 0 Å². The Hall–Kier alpha value is -3.35. The van der Waals surface area contributed by atoms with Crippen LogP contribution in [0.3, 0.4) is 0 Å². The molecular formula is C20H17NO6. The minimum Gasteiger partial charge on any atom is -0.493 e. The van der Waals surface area contributed by atoms with E-state index in [0.717, 1.165) is 22.5 Å². The van der Waals surface area contributed by atoms with Gasteiger partial charge in [0.25, 0.3) is 0 Å². The average molecular weight is 367 g/mol. The van der Waals surface area contributed by atoms with Gasteiger partial charge < -0.3 is 29.0 Å². The van der Waals surface area contributed by atoms with E-state index in [2.05, 4.69) is 5.32 Å². The Bertz CT molecular complexity index is 996. The molecule has 1 N–H and O–H groups in total. The molecule has 0 amide bonds. The summed E-state index contributed by atoms with van der Waals surface area (Å²) >= 11 is 0. The first-order chi connectivity index (χ1) is 13.2. The second-order valence-corrected chi connectivity index (χ2v) is 6.40. The highest BCUT2D eigenvalue weighted by Gasteiger charge is 2.41. The van der Waals surface area contributed by atoms with E-state index in [1.165, 1.54) is 0 Å².